The molecule has 136 valence electrons. The number of rotatable bonds is 4. The Morgan fingerprint density at radius 1 is 1.16 bits per heavy atom. The van der Waals surface area contributed by atoms with Gasteiger partial charge in [0.25, 0.3) is 0 Å². The molecule has 9 nitrogen and oxygen atoms in total. The van der Waals surface area contributed by atoms with Crippen LogP contribution in [0.1, 0.15) is 0 Å². The van der Waals surface area contributed by atoms with Crippen molar-refractivity contribution in [1.82, 2.24) is 15.1 Å². The molecule has 1 aromatic carbocycles. The summed E-state index contributed by atoms with van der Waals surface area (Å²) >= 11 is 0. The fraction of sp³-hybridized carbons (Fsp3) is 0.500. The third kappa shape index (κ3) is 4.44. The maximum Gasteiger partial charge on any atom is 0.409 e. The van der Waals surface area contributed by atoms with E-state index in [1.54, 1.807) is 23.1 Å². The van der Waals surface area contributed by atoms with Gasteiger partial charge in [-0.2, -0.15) is 0 Å². The van der Waals surface area contributed by atoms with Gasteiger partial charge in [-0.1, -0.05) is 0 Å². The number of carbonyl (C=O) groups is 2. The Bertz CT molecular complexity index is 631. The van der Waals surface area contributed by atoms with Crippen molar-refractivity contribution >= 4 is 17.8 Å². The first-order valence-corrected chi connectivity index (χ1v) is 8.15. The molecular weight excluding hydrogens is 328 g/mol. The van der Waals surface area contributed by atoms with Crippen molar-refractivity contribution < 1.29 is 23.8 Å². The molecule has 3 amide bonds. The summed E-state index contributed by atoms with van der Waals surface area (Å²) in [4.78, 5) is 27.2. The summed E-state index contributed by atoms with van der Waals surface area (Å²) in [5.41, 5.74) is 0.647. The second-order valence-corrected chi connectivity index (χ2v) is 5.75. The molecule has 25 heavy (non-hydrogen) atoms. The van der Waals surface area contributed by atoms with E-state index < -0.39 is 0 Å². The standard InChI is InChI=1S/C16H22N4O5/c1-23-16(22)20-8-6-19(7-9-20)5-4-17-15(21)18-12-2-3-13-14(10-12)25-11-24-13/h2-3,10H,4-9,11H2,1H3,(H2,17,18,21). The third-order valence-electron chi connectivity index (χ3n) is 4.15. The largest absolute Gasteiger partial charge is 0.454 e. The zero-order valence-corrected chi connectivity index (χ0v) is 14.1. The molecule has 0 radical (unpaired) electrons. The molecule has 2 aliphatic heterocycles. The first kappa shape index (κ1) is 17.2. The molecule has 3 rings (SSSR count). The number of hydrogen-bond donors (Lipinski definition) is 2. The molecular formula is C16H22N4O5. The van der Waals surface area contributed by atoms with Gasteiger partial charge in [0.15, 0.2) is 11.5 Å². The number of nitrogens with one attached hydrogen (secondary N) is 2. The highest BCUT2D eigenvalue weighted by atomic mass is 16.7. The van der Waals surface area contributed by atoms with Crippen LogP contribution >= 0.6 is 0 Å². The minimum atomic E-state index is -0.291. The van der Waals surface area contributed by atoms with E-state index in [1.165, 1.54) is 7.11 Å². The molecule has 1 aromatic rings. The number of nitrogens with zero attached hydrogens (tertiary/aromatic N) is 2. The van der Waals surface area contributed by atoms with Gasteiger partial charge in [0, 0.05) is 51.0 Å². The van der Waals surface area contributed by atoms with Gasteiger partial charge in [0.2, 0.25) is 6.79 Å². The summed E-state index contributed by atoms with van der Waals surface area (Å²) in [7, 11) is 1.39. The van der Waals surface area contributed by atoms with E-state index in [0.717, 1.165) is 19.6 Å². The average molecular weight is 350 g/mol. The number of fused-ring (bicyclic) bond motifs is 1. The maximum absolute atomic E-state index is 12.0. The van der Waals surface area contributed by atoms with Crippen LogP contribution in [0.25, 0.3) is 0 Å². The predicted octanol–water partition coefficient (Wildman–Crippen LogP) is 0.921. The summed E-state index contributed by atoms with van der Waals surface area (Å²) < 4.78 is 15.2. The van der Waals surface area contributed by atoms with Gasteiger partial charge in [-0.3, -0.25) is 4.90 Å². The lowest BCUT2D eigenvalue weighted by Gasteiger charge is -2.33. The molecule has 0 spiro atoms. The molecule has 0 aromatic heterocycles. The number of methoxy groups -OCH3 is 1. The van der Waals surface area contributed by atoms with Crippen LogP contribution in [0.5, 0.6) is 11.5 Å². The zero-order valence-electron chi connectivity index (χ0n) is 14.1. The molecule has 0 unspecified atom stereocenters. The van der Waals surface area contributed by atoms with Crippen molar-refractivity contribution in [3.05, 3.63) is 18.2 Å². The van der Waals surface area contributed by atoms with Crippen LogP contribution in [-0.2, 0) is 4.74 Å². The topological polar surface area (TPSA) is 92.4 Å². The molecule has 0 aliphatic carbocycles. The highest BCUT2D eigenvalue weighted by molar-refractivity contribution is 5.89. The van der Waals surface area contributed by atoms with Gasteiger partial charge in [-0.15, -0.1) is 0 Å². The van der Waals surface area contributed by atoms with Crippen LogP contribution in [0.15, 0.2) is 18.2 Å². The Kier molecular flexibility index (Phi) is 5.44. The summed E-state index contributed by atoms with van der Waals surface area (Å²) in [6.07, 6.45) is -0.291. The van der Waals surface area contributed by atoms with E-state index in [2.05, 4.69) is 15.5 Å². The number of piperazine rings is 1. The summed E-state index contributed by atoms with van der Waals surface area (Å²) in [5, 5.41) is 5.59. The molecule has 0 saturated carbocycles. The van der Waals surface area contributed by atoms with Crippen molar-refractivity contribution in [3.63, 3.8) is 0 Å². The van der Waals surface area contributed by atoms with E-state index >= 15 is 0 Å². The van der Waals surface area contributed by atoms with Gasteiger partial charge >= 0.3 is 12.1 Å². The SMILES string of the molecule is COC(=O)N1CCN(CCNC(=O)Nc2ccc3c(c2)OCO3)CC1. The molecule has 0 bridgehead atoms. The number of ether oxygens (including phenoxy) is 3. The molecule has 2 N–H and O–H groups in total. The van der Waals surface area contributed by atoms with Crippen molar-refractivity contribution in [2.75, 3.05) is 58.5 Å². The second-order valence-electron chi connectivity index (χ2n) is 5.75. The first-order valence-electron chi connectivity index (χ1n) is 8.15. The Balaban J connectivity index is 1.35. The number of carbonyl (C=O) groups excluding carboxylic acids is 2. The van der Waals surface area contributed by atoms with E-state index in [4.69, 9.17) is 14.2 Å². The fourth-order valence-electron chi connectivity index (χ4n) is 2.76. The smallest absolute Gasteiger partial charge is 0.409 e. The second kappa shape index (κ2) is 7.93. The van der Waals surface area contributed by atoms with Crippen molar-refractivity contribution in [1.29, 1.82) is 0 Å². The zero-order chi connectivity index (χ0) is 17.6. The van der Waals surface area contributed by atoms with Crippen LogP contribution in [0.3, 0.4) is 0 Å². The maximum atomic E-state index is 12.0. The average Bonchev–Trinajstić information content (AvgIpc) is 3.09. The quantitative estimate of drug-likeness (QED) is 0.839. The van der Waals surface area contributed by atoms with Gasteiger partial charge in [-0.05, 0) is 12.1 Å². The lowest BCUT2D eigenvalue weighted by atomic mass is 10.3. The van der Waals surface area contributed by atoms with Gasteiger partial charge < -0.3 is 29.7 Å². The number of urea groups is 1. The Hall–Kier alpha value is -2.68. The van der Waals surface area contributed by atoms with Crippen LogP contribution in [0, 0.1) is 0 Å². The minimum Gasteiger partial charge on any atom is -0.454 e. The highest BCUT2D eigenvalue weighted by Gasteiger charge is 2.21. The lowest BCUT2D eigenvalue weighted by molar-refractivity contribution is 0.0916. The van der Waals surface area contributed by atoms with E-state index in [0.29, 0.717) is 36.8 Å². The number of hydrogen-bond acceptors (Lipinski definition) is 6. The van der Waals surface area contributed by atoms with Crippen LogP contribution in [-0.4, -0.2) is 75.1 Å². The van der Waals surface area contributed by atoms with Crippen LogP contribution in [0.4, 0.5) is 15.3 Å². The Morgan fingerprint density at radius 2 is 1.92 bits per heavy atom. The number of anilines is 1. The molecule has 0 atom stereocenters. The van der Waals surface area contributed by atoms with Crippen molar-refractivity contribution in [3.8, 4) is 11.5 Å². The van der Waals surface area contributed by atoms with Crippen molar-refractivity contribution in [2.24, 2.45) is 0 Å². The molecule has 2 aliphatic rings. The molecule has 1 fully saturated rings. The fourth-order valence-corrected chi connectivity index (χ4v) is 2.76. The van der Waals surface area contributed by atoms with Crippen LogP contribution < -0.4 is 20.1 Å². The molecule has 1 saturated heterocycles. The van der Waals surface area contributed by atoms with E-state index in [9.17, 15) is 9.59 Å². The molecule has 9 heteroatoms. The van der Waals surface area contributed by atoms with E-state index in [-0.39, 0.29) is 18.9 Å². The lowest BCUT2D eigenvalue weighted by Crippen LogP contribution is -2.50. The number of amides is 3. The monoisotopic (exact) mass is 350 g/mol. The summed E-state index contributed by atoms with van der Waals surface area (Å²) in [5.74, 6) is 1.30. The Labute approximate surface area is 145 Å². The van der Waals surface area contributed by atoms with Crippen LogP contribution in [0.2, 0.25) is 0 Å². The first-order chi connectivity index (χ1) is 12.2. The molecule has 2 heterocycles. The normalized spacial score (nSPS) is 16.4. The van der Waals surface area contributed by atoms with E-state index in [1.807, 2.05) is 0 Å². The summed E-state index contributed by atoms with van der Waals surface area (Å²) in [6.45, 7) is 4.25. The highest BCUT2D eigenvalue weighted by Crippen LogP contribution is 2.34. The number of benzene rings is 1. The third-order valence-corrected chi connectivity index (χ3v) is 4.15. The summed E-state index contributed by atoms with van der Waals surface area (Å²) in [6, 6.07) is 4.98. The van der Waals surface area contributed by atoms with Gasteiger partial charge in [0.1, 0.15) is 0 Å². The van der Waals surface area contributed by atoms with Gasteiger partial charge in [-0.25, -0.2) is 9.59 Å². The van der Waals surface area contributed by atoms with Gasteiger partial charge in [0.05, 0.1) is 7.11 Å². The van der Waals surface area contributed by atoms with Crippen molar-refractivity contribution in [2.45, 2.75) is 0 Å². The Morgan fingerprint density at radius 3 is 2.68 bits per heavy atom. The minimum absolute atomic E-state index is 0.203. The predicted molar refractivity (Wildman–Crippen MR) is 90.0 cm³/mol.